The Labute approximate surface area is 233 Å². The lowest BCUT2D eigenvalue weighted by atomic mass is 9.99. The molecule has 3 heterocycles. The maximum Gasteiger partial charge on any atom is 0.258 e. The number of carbonyl (C=O) groups is 2. The molecule has 2 aromatic carbocycles. The first-order valence-corrected chi connectivity index (χ1v) is 13.3. The van der Waals surface area contributed by atoms with Crippen molar-refractivity contribution in [3.05, 3.63) is 77.6 Å². The van der Waals surface area contributed by atoms with Gasteiger partial charge in [-0.2, -0.15) is 0 Å². The van der Waals surface area contributed by atoms with Crippen molar-refractivity contribution >= 4 is 17.5 Å². The number of hydrogen-bond acceptors (Lipinski definition) is 8. The third-order valence-corrected chi connectivity index (χ3v) is 7.25. The van der Waals surface area contributed by atoms with Gasteiger partial charge in [0, 0.05) is 49.2 Å². The number of hydrogen-bond donors (Lipinski definition) is 2. The molecule has 10 heteroatoms. The molecule has 3 atom stereocenters. The van der Waals surface area contributed by atoms with Gasteiger partial charge in [0.2, 0.25) is 6.79 Å². The van der Waals surface area contributed by atoms with Crippen molar-refractivity contribution in [1.82, 2.24) is 14.8 Å². The van der Waals surface area contributed by atoms with E-state index >= 15 is 0 Å². The molecule has 0 radical (unpaired) electrons. The van der Waals surface area contributed by atoms with E-state index in [1.54, 1.807) is 47.6 Å². The summed E-state index contributed by atoms with van der Waals surface area (Å²) in [6.45, 7) is 5.63. The first-order chi connectivity index (χ1) is 19.3. The minimum Gasteiger partial charge on any atom is -0.488 e. The molecule has 2 N–H and O–H groups in total. The van der Waals surface area contributed by atoms with Crippen molar-refractivity contribution < 1.29 is 28.9 Å². The van der Waals surface area contributed by atoms with Gasteiger partial charge in [0.05, 0.1) is 18.2 Å². The maximum atomic E-state index is 13.7. The van der Waals surface area contributed by atoms with E-state index in [9.17, 15) is 14.7 Å². The van der Waals surface area contributed by atoms with Gasteiger partial charge in [-0.05, 0) is 62.0 Å². The normalized spacial score (nSPS) is 18.9. The lowest BCUT2D eigenvalue weighted by molar-refractivity contribution is 0.0341. The van der Waals surface area contributed by atoms with Crippen molar-refractivity contribution in [2.75, 3.05) is 38.9 Å². The Morgan fingerprint density at radius 3 is 2.65 bits per heavy atom. The van der Waals surface area contributed by atoms with Crippen LogP contribution in [0.3, 0.4) is 0 Å². The number of nitrogens with one attached hydrogen (secondary N) is 1. The second-order valence-corrected chi connectivity index (χ2v) is 10.4. The quantitative estimate of drug-likeness (QED) is 0.442. The Bertz CT molecular complexity index is 1370. The number of carbonyl (C=O) groups excluding carboxylic acids is 2. The van der Waals surface area contributed by atoms with Crippen LogP contribution in [0.25, 0.3) is 0 Å². The molecule has 0 aliphatic carbocycles. The molecule has 0 spiro atoms. The highest BCUT2D eigenvalue weighted by molar-refractivity contribution is 6.05. The summed E-state index contributed by atoms with van der Waals surface area (Å²) in [5, 5.41) is 12.8. The standard InChI is InChI=1S/C30H34N4O6/c1-19-14-34(20(2)17-35)30(37)24-13-23(32-29(36)22-8-10-31-11-9-22)5-7-25(24)40-28(19)16-33(3)15-21-4-6-26-27(12-21)39-18-38-26/h4-13,19-20,28,35H,14-18H2,1-3H3,(H,32,36)/t19-,20-,28-/m0/s1. The second kappa shape index (κ2) is 11.9. The number of fused-ring (bicyclic) bond motifs is 2. The summed E-state index contributed by atoms with van der Waals surface area (Å²) in [5.74, 6) is 1.36. The van der Waals surface area contributed by atoms with Gasteiger partial charge in [0.15, 0.2) is 11.5 Å². The van der Waals surface area contributed by atoms with Crippen LogP contribution in [0.1, 0.15) is 40.1 Å². The van der Waals surface area contributed by atoms with Crippen molar-refractivity contribution in [2.24, 2.45) is 5.92 Å². The number of benzene rings is 2. The highest BCUT2D eigenvalue weighted by Gasteiger charge is 2.33. The number of amides is 2. The Morgan fingerprint density at radius 1 is 1.12 bits per heavy atom. The van der Waals surface area contributed by atoms with Gasteiger partial charge in [0.25, 0.3) is 11.8 Å². The van der Waals surface area contributed by atoms with E-state index < -0.39 is 0 Å². The number of pyridine rings is 1. The lowest BCUT2D eigenvalue weighted by Gasteiger charge is -2.38. The predicted octanol–water partition coefficient (Wildman–Crippen LogP) is 3.41. The molecule has 5 rings (SSSR count). The van der Waals surface area contributed by atoms with Crippen LogP contribution in [-0.2, 0) is 6.54 Å². The molecule has 2 aliphatic heterocycles. The zero-order valence-electron chi connectivity index (χ0n) is 22.9. The number of rotatable bonds is 8. The molecule has 0 saturated carbocycles. The largest absolute Gasteiger partial charge is 0.488 e. The van der Waals surface area contributed by atoms with E-state index in [-0.39, 0.29) is 43.3 Å². The van der Waals surface area contributed by atoms with Gasteiger partial charge in [-0.1, -0.05) is 13.0 Å². The van der Waals surface area contributed by atoms with Gasteiger partial charge in [-0.3, -0.25) is 19.5 Å². The van der Waals surface area contributed by atoms with Crippen LogP contribution in [0.15, 0.2) is 60.9 Å². The highest BCUT2D eigenvalue weighted by atomic mass is 16.7. The zero-order chi connectivity index (χ0) is 28.2. The van der Waals surface area contributed by atoms with Crippen LogP contribution in [0.2, 0.25) is 0 Å². The van der Waals surface area contributed by atoms with E-state index in [1.807, 2.05) is 32.2 Å². The monoisotopic (exact) mass is 546 g/mol. The molecule has 2 aliphatic rings. The fraction of sp³-hybridized carbons (Fsp3) is 0.367. The fourth-order valence-electron chi connectivity index (χ4n) is 4.95. The third kappa shape index (κ3) is 6.03. The summed E-state index contributed by atoms with van der Waals surface area (Å²) < 4.78 is 17.4. The Kier molecular flexibility index (Phi) is 8.18. The molecule has 3 aromatic rings. The fourth-order valence-corrected chi connectivity index (χ4v) is 4.95. The minimum atomic E-state index is -0.386. The second-order valence-electron chi connectivity index (χ2n) is 10.4. The van der Waals surface area contributed by atoms with E-state index in [1.165, 1.54) is 0 Å². The van der Waals surface area contributed by atoms with Gasteiger partial charge in [-0.15, -0.1) is 0 Å². The van der Waals surface area contributed by atoms with E-state index in [2.05, 4.69) is 22.1 Å². The first kappa shape index (κ1) is 27.4. The van der Waals surface area contributed by atoms with Crippen molar-refractivity contribution in [1.29, 1.82) is 0 Å². The van der Waals surface area contributed by atoms with E-state index in [0.29, 0.717) is 42.2 Å². The summed E-state index contributed by atoms with van der Waals surface area (Å²) >= 11 is 0. The number of anilines is 1. The molecule has 0 unspecified atom stereocenters. The van der Waals surface area contributed by atoms with Crippen molar-refractivity contribution in [3.63, 3.8) is 0 Å². The third-order valence-electron chi connectivity index (χ3n) is 7.25. The van der Waals surface area contributed by atoms with E-state index in [4.69, 9.17) is 14.2 Å². The molecule has 40 heavy (non-hydrogen) atoms. The van der Waals surface area contributed by atoms with Crippen LogP contribution in [-0.4, -0.2) is 77.4 Å². The number of aromatic nitrogens is 1. The summed E-state index contributed by atoms with van der Waals surface area (Å²) in [6.07, 6.45) is 2.86. The predicted molar refractivity (Wildman–Crippen MR) is 149 cm³/mol. The SMILES string of the molecule is C[C@H]1CN([C@@H](C)CO)C(=O)c2cc(NC(=O)c3ccncc3)ccc2O[C@H]1CN(C)Cc1ccc2c(c1)OCO2. The average Bonchev–Trinajstić information content (AvgIpc) is 3.43. The average molecular weight is 547 g/mol. The lowest BCUT2D eigenvalue weighted by Crippen LogP contribution is -2.49. The van der Waals surface area contributed by atoms with Crippen LogP contribution in [0.5, 0.6) is 17.2 Å². The molecule has 0 saturated heterocycles. The molecular weight excluding hydrogens is 512 g/mol. The zero-order valence-corrected chi connectivity index (χ0v) is 22.9. The topological polar surface area (TPSA) is 113 Å². The Morgan fingerprint density at radius 2 is 1.88 bits per heavy atom. The molecule has 0 bridgehead atoms. The van der Waals surface area contributed by atoms with Crippen LogP contribution < -0.4 is 19.5 Å². The summed E-state index contributed by atoms with van der Waals surface area (Å²) in [6, 6.07) is 13.9. The number of aliphatic hydroxyl groups is 1. The van der Waals surface area contributed by atoms with Crippen LogP contribution in [0.4, 0.5) is 5.69 Å². The van der Waals surface area contributed by atoms with Gasteiger partial charge >= 0.3 is 0 Å². The molecule has 0 fully saturated rings. The number of aliphatic hydroxyl groups excluding tert-OH is 1. The number of nitrogens with zero attached hydrogens (tertiary/aromatic N) is 3. The van der Waals surface area contributed by atoms with Crippen LogP contribution >= 0.6 is 0 Å². The molecule has 2 amide bonds. The first-order valence-electron chi connectivity index (χ1n) is 13.3. The summed E-state index contributed by atoms with van der Waals surface area (Å²) in [5.41, 5.74) is 2.35. The van der Waals surface area contributed by atoms with E-state index in [0.717, 1.165) is 17.1 Å². The molecule has 1 aromatic heterocycles. The van der Waals surface area contributed by atoms with Gasteiger partial charge < -0.3 is 29.5 Å². The molecular formula is C30H34N4O6. The molecule has 10 nitrogen and oxygen atoms in total. The molecule has 210 valence electrons. The van der Waals surface area contributed by atoms with Crippen molar-refractivity contribution in [2.45, 2.75) is 32.5 Å². The van der Waals surface area contributed by atoms with Crippen LogP contribution in [0, 0.1) is 5.92 Å². The Hall–Kier alpha value is -4.15. The Balaban J connectivity index is 1.37. The summed E-state index contributed by atoms with van der Waals surface area (Å²) in [7, 11) is 2.03. The smallest absolute Gasteiger partial charge is 0.258 e. The summed E-state index contributed by atoms with van der Waals surface area (Å²) in [4.78, 5) is 34.2. The highest BCUT2D eigenvalue weighted by Crippen LogP contribution is 2.33. The number of likely N-dealkylation sites (N-methyl/N-ethyl adjacent to an activating group) is 1. The van der Waals surface area contributed by atoms with Crippen molar-refractivity contribution in [3.8, 4) is 17.2 Å². The minimum absolute atomic E-state index is 0.0172. The number of ether oxygens (including phenoxy) is 3. The van der Waals surface area contributed by atoms with Gasteiger partial charge in [0.1, 0.15) is 11.9 Å². The maximum absolute atomic E-state index is 13.7. The van der Waals surface area contributed by atoms with Gasteiger partial charge in [-0.25, -0.2) is 0 Å².